The van der Waals surface area contributed by atoms with Crippen LogP contribution in [0.4, 0.5) is 0 Å². The third-order valence-corrected chi connectivity index (χ3v) is 5.11. The number of carbonyl (C=O) groups is 2. The molecule has 2 aliphatic heterocycles. The van der Waals surface area contributed by atoms with Gasteiger partial charge < -0.3 is 15.1 Å². The Morgan fingerprint density at radius 3 is 2.57 bits per heavy atom. The molecule has 6 heteroatoms. The highest BCUT2D eigenvalue weighted by atomic mass is 32.1. The summed E-state index contributed by atoms with van der Waals surface area (Å²) in [6.45, 7) is 4.42. The predicted molar refractivity (Wildman–Crippen MR) is 82.4 cm³/mol. The van der Waals surface area contributed by atoms with Crippen LogP contribution < -0.4 is 5.32 Å². The minimum atomic E-state index is 0.0939. The van der Waals surface area contributed by atoms with Crippen molar-refractivity contribution in [2.75, 3.05) is 39.3 Å². The number of hydrogen-bond acceptors (Lipinski definition) is 4. The van der Waals surface area contributed by atoms with Crippen molar-refractivity contribution in [2.45, 2.75) is 12.8 Å². The van der Waals surface area contributed by atoms with E-state index in [1.807, 2.05) is 27.3 Å². The van der Waals surface area contributed by atoms with Crippen molar-refractivity contribution < 1.29 is 9.59 Å². The van der Waals surface area contributed by atoms with E-state index in [2.05, 4.69) is 5.32 Å². The molecule has 21 heavy (non-hydrogen) atoms. The fraction of sp³-hybridized carbons (Fsp3) is 0.600. The molecule has 3 rings (SSSR count). The maximum absolute atomic E-state index is 12.4. The highest BCUT2D eigenvalue weighted by Crippen LogP contribution is 2.17. The van der Waals surface area contributed by atoms with Crippen LogP contribution in [0, 0.1) is 5.92 Å². The van der Waals surface area contributed by atoms with Crippen LogP contribution in [-0.4, -0.2) is 60.9 Å². The van der Waals surface area contributed by atoms with Crippen LogP contribution in [-0.2, 0) is 4.79 Å². The number of piperazine rings is 1. The Morgan fingerprint density at radius 2 is 1.95 bits per heavy atom. The van der Waals surface area contributed by atoms with Gasteiger partial charge in [0, 0.05) is 32.7 Å². The van der Waals surface area contributed by atoms with E-state index >= 15 is 0 Å². The van der Waals surface area contributed by atoms with Gasteiger partial charge in [-0.1, -0.05) is 6.07 Å². The molecule has 1 aromatic heterocycles. The van der Waals surface area contributed by atoms with E-state index in [9.17, 15) is 9.59 Å². The number of piperidine rings is 1. The van der Waals surface area contributed by atoms with E-state index in [4.69, 9.17) is 0 Å². The standard InChI is InChI=1S/C15H21N3O2S/c19-14(12-3-1-5-16-11-12)17-6-8-18(9-7-17)15(20)13-4-2-10-21-13/h2,4,10,12,16H,1,3,5-9,11H2/t12-/m1/s1. The lowest BCUT2D eigenvalue weighted by atomic mass is 9.98. The van der Waals surface area contributed by atoms with Crippen LogP contribution in [0.1, 0.15) is 22.5 Å². The Kier molecular flexibility index (Phi) is 4.55. The molecule has 0 bridgehead atoms. The maximum Gasteiger partial charge on any atom is 0.264 e. The zero-order valence-electron chi connectivity index (χ0n) is 12.1. The molecule has 1 aromatic rings. The lowest BCUT2D eigenvalue weighted by molar-refractivity contribution is -0.137. The van der Waals surface area contributed by atoms with Gasteiger partial charge in [0.2, 0.25) is 5.91 Å². The second-order valence-corrected chi connectivity index (χ2v) is 6.59. The molecule has 0 aliphatic carbocycles. The molecular formula is C15H21N3O2S. The summed E-state index contributed by atoms with van der Waals surface area (Å²) in [4.78, 5) is 29.3. The fourth-order valence-corrected chi connectivity index (χ4v) is 3.70. The molecule has 1 atom stereocenters. The first-order valence-corrected chi connectivity index (χ1v) is 8.46. The molecule has 2 fully saturated rings. The summed E-state index contributed by atoms with van der Waals surface area (Å²) in [6.07, 6.45) is 2.06. The van der Waals surface area contributed by atoms with Crippen molar-refractivity contribution >= 4 is 23.2 Å². The summed E-state index contributed by atoms with van der Waals surface area (Å²) in [6, 6.07) is 3.76. The van der Waals surface area contributed by atoms with Crippen molar-refractivity contribution in [3.05, 3.63) is 22.4 Å². The number of carbonyl (C=O) groups excluding carboxylic acids is 2. The van der Waals surface area contributed by atoms with Gasteiger partial charge in [0.1, 0.15) is 0 Å². The van der Waals surface area contributed by atoms with Gasteiger partial charge in [-0.25, -0.2) is 0 Å². The minimum Gasteiger partial charge on any atom is -0.339 e. The van der Waals surface area contributed by atoms with Gasteiger partial charge in [-0.2, -0.15) is 0 Å². The molecule has 0 aromatic carbocycles. The zero-order chi connectivity index (χ0) is 14.7. The lowest BCUT2D eigenvalue weighted by Gasteiger charge is -2.37. The summed E-state index contributed by atoms with van der Waals surface area (Å²) in [5.41, 5.74) is 0. The second kappa shape index (κ2) is 6.58. The molecule has 2 aliphatic rings. The first-order chi connectivity index (χ1) is 10.3. The lowest BCUT2D eigenvalue weighted by Crippen LogP contribution is -2.53. The average Bonchev–Trinajstić information content (AvgIpc) is 3.09. The topological polar surface area (TPSA) is 52.7 Å². The van der Waals surface area contributed by atoms with Gasteiger partial charge in [-0.05, 0) is 30.8 Å². The van der Waals surface area contributed by atoms with E-state index < -0.39 is 0 Å². The fourth-order valence-electron chi connectivity index (χ4n) is 3.01. The zero-order valence-corrected chi connectivity index (χ0v) is 12.9. The smallest absolute Gasteiger partial charge is 0.264 e. The summed E-state index contributed by atoms with van der Waals surface area (Å²) in [5, 5.41) is 5.21. The largest absolute Gasteiger partial charge is 0.339 e. The van der Waals surface area contributed by atoms with E-state index in [1.165, 1.54) is 11.3 Å². The van der Waals surface area contributed by atoms with E-state index in [1.54, 1.807) is 0 Å². The third kappa shape index (κ3) is 3.27. The Morgan fingerprint density at radius 1 is 1.19 bits per heavy atom. The molecule has 0 spiro atoms. The number of thiophene rings is 1. The molecule has 0 radical (unpaired) electrons. The monoisotopic (exact) mass is 307 g/mol. The van der Waals surface area contributed by atoms with Gasteiger partial charge in [0.15, 0.2) is 0 Å². The highest BCUT2D eigenvalue weighted by Gasteiger charge is 2.30. The van der Waals surface area contributed by atoms with Crippen molar-refractivity contribution in [3.8, 4) is 0 Å². The van der Waals surface area contributed by atoms with Gasteiger partial charge in [-0.15, -0.1) is 11.3 Å². The van der Waals surface area contributed by atoms with Crippen LogP contribution in [0.3, 0.4) is 0 Å². The first kappa shape index (κ1) is 14.5. The SMILES string of the molecule is O=C(c1cccs1)N1CCN(C(=O)[C@@H]2CCCNC2)CC1. The molecule has 114 valence electrons. The van der Waals surface area contributed by atoms with Crippen molar-refractivity contribution in [3.63, 3.8) is 0 Å². The molecule has 1 N–H and O–H groups in total. The van der Waals surface area contributed by atoms with Crippen molar-refractivity contribution in [2.24, 2.45) is 5.92 Å². The van der Waals surface area contributed by atoms with Crippen LogP contribution in [0.15, 0.2) is 17.5 Å². The Bertz CT molecular complexity index is 489. The summed E-state index contributed by atoms with van der Waals surface area (Å²) >= 11 is 1.47. The highest BCUT2D eigenvalue weighted by molar-refractivity contribution is 7.12. The van der Waals surface area contributed by atoms with Gasteiger partial charge >= 0.3 is 0 Å². The summed E-state index contributed by atoms with van der Waals surface area (Å²) in [5.74, 6) is 0.472. The summed E-state index contributed by atoms with van der Waals surface area (Å²) < 4.78 is 0. The Hall–Kier alpha value is -1.40. The molecule has 2 amide bonds. The van der Waals surface area contributed by atoms with Gasteiger partial charge in [0.25, 0.3) is 5.91 Å². The van der Waals surface area contributed by atoms with Crippen molar-refractivity contribution in [1.82, 2.24) is 15.1 Å². The number of amides is 2. The molecular weight excluding hydrogens is 286 g/mol. The Labute approximate surface area is 128 Å². The molecule has 2 saturated heterocycles. The molecule has 5 nitrogen and oxygen atoms in total. The van der Waals surface area contributed by atoms with Crippen LogP contribution in [0.25, 0.3) is 0 Å². The first-order valence-electron chi connectivity index (χ1n) is 7.58. The number of rotatable bonds is 2. The van der Waals surface area contributed by atoms with Crippen LogP contribution in [0.5, 0.6) is 0 Å². The number of nitrogens with zero attached hydrogens (tertiary/aromatic N) is 2. The van der Waals surface area contributed by atoms with E-state index in [0.29, 0.717) is 26.2 Å². The third-order valence-electron chi connectivity index (χ3n) is 4.26. The van der Waals surface area contributed by atoms with Crippen LogP contribution >= 0.6 is 11.3 Å². The second-order valence-electron chi connectivity index (χ2n) is 5.64. The number of nitrogens with one attached hydrogen (secondary N) is 1. The predicted octanol–water partition coefficient (Wildman–Crippen LogP) is 1.03. The minimum absolute atomic E-state index is 0.0939. The Balaban J connectivity index is 1.52. The van der Waals surface area contributed by atoms with Crippen molar-refractivity contribution in [1.29, 1.82) is 0 Å². The molecule has 0 unspecified atom stereocenters. The van der Waals surface area contributed by atoms with Gasteiger partial charge in [0.05, 0.1) is 10.8 Å². The quantitative estimate of drug-likeness (QED) is 0.888. The number of hydrogen-bond donors (Lipinski definition) is 1. The van der Waals surface area contributed by atoms with Gasteiger partial charge in [-0.3, -0.25) is 9.59 Å². The van der Waals surface area contributed by atoms with E-state index in [-0.39, 0.29) is 17.7 Å². The average molecular weight is 307 g/mol. The van der Waals surface area contributed by atoms with Crippen LogP contribution in [0.2, 0.25) is 0 Å². The summed E-state index contributed by atoms with van der Waals surface area (Å²) in [7, 11) is 0. The normalized spacial score (nSPS) is 23.1. The molecule has 0 saturated carbocycles. The van der Waals surface area contributed by atoms with E-state index in [0.717, 1.165) is 30.8 Å². The molecule has 3 heterocycles. The maximum atomic E-state index is 12.4.